The number of pyridine rings is 1. The van der Waals surface area contributed by atoms with Crippen molar-refractivity contribution in [3.05, 3.63) is 75.7 Å². The van der Waals surface area contributed by atoms with E-state index in [0.29, 0.717) is 13.1 Å². The summed E-state index contributed by atoms with van der Waals surface area (Å²) in [6.45, 7) is 1.16. The number of carbonyl (C=O) groups excluding carboxylic acids is 1. The fraction of sp³-hybridized carbons (Fsp3) is 0.250. The molecule has 138 valence electrons. The maximum Gasteiger partial charge on any atom is 0.291 e. The number of rotatable bonds is 4. The van der Waals surface area contributed by atoms with Gasteiger partial charge in [-0.15, -0.1) is 0 Å². The first kappa shape index (κ1) is 17.4. The van der Waals surface area contributed by atoms with Gasteiger partial charge in [0.1, 0.15) is 11.4 Å². The Morgan fingerprint density at radius 3 is 2.78 bits per heavy atom. The quantitative estimate of drug-likeness (QED) is 0.747. The highest BCUT2D eigenvalue weighted by Crippen LogP contribution is 2.37. The molecule has 4 rings (SSSR count). The Bertz CT molecular complexity index is 1080. The number of quaternary nitrogens is 1. The van der Waals surface area contributed by atoms with E-state index in [1.54, 1.807) is 23.4 Å². The molecule has 7 heteroatoms. The predicted octanol–water partition coefficient (Wildman–Crippen LogP) is 1.02. The van der Waals surface area contributed by atoms with Crippen molar-refractivity contribution in [1.82, 2.24) is 9.88 Å². The van der Waals surface area contributed by atoms with E-state index in [-0.39, 0.29) is 33.6 Å². The van der Waals surface area contributed by atoms with E-state index in [0.717, 1.165) is 11.6 Å². The molecule has 6 nitrogen and oxygen atoms in total. The van der Waals surface area contributed by atoms with Gasteiger partial charge in [-0.25, -0.2) is 4.39 Å². The Morgan fingerprint density at radius 2 is 2.07 bits per heavy atom. The molecule has 0 saturated heterocycles. The zero-order valence-corrected chi connectivity index (χ0v) is 15.0. The van der Waals surface area contributed by atoms with Crippen LogP contribution in [0.3, 0.4) is 0 Å². The zero-order chi connectivity index (χ0) is 19.1. The van der Waals surface area contributed by atoms with Gasteiger partial charge < -0.3 is 14.2 Å². The maximum atomic E-state index is 13.7. The van der Waals surface area contributed by atoms with Gasteiger partial charge in [0.25, 0.3) is 5.91 Å². The number of nitrogens with zero attached hydrogens (tertiary/aromatic N) is 2. The summed E-state index contributed by atoms with van der Waals surface area (Å²) in [4.78, 5) is 33.1. The summed E-state index contributed by atoms with van der Waals surface area (Å²) in [5, 5.41) is 0.135. The number of hydrogen-bond donors (Lipinski definition) is 1. The second kappa shape index (κ2) is 6.59. The first-order chi connectivity index (χ1) is 13.0. The molecular formula is C20H19FN3O3+. The molecule has 0 unspecified atom stereocenters. The van der Waals surface area contributed by atoms with Crippen LogP contribution in [0.25, 0.3) is 11.0 Å². The van der Waals surface area contributed by atoms with E-state index >= 15 is 0 Å². The average molecular weight is 368 g/mol. The van der Waals surface area contributed by atoms with Crippen molar-refractivity contribution < 1.29 is 18.5 Å². The molecule has 2 aromatic heterocycles. The Balaban J connectivity index is 1.95. The minimum Gasteiger partial charge on any atom is -0.450 e. The van der Waals surface area contributed by atoms with Crippen molar-refractivity contribution in [3.63, 3.8) is 0 Å². The summed E-state index contributed by atoms with van der Waals surface area (Å²) in [7, 11) is 3.99. The Labute approximate surface area is 154 Å². The highest BCUT2D eigenvalue weighted by Gasteiger charge is 2.42. The number of benzene rings is 1. The van der Waals surface area contributed by atoms with Gasteiger partial charge in [0, 0.05) is 12.4 Å². The van der Waals surface area contributed by atoms with Crippen LogP contribution in [0.2, 0.25) is 0 Å². The predicted molar refractivity (Wildman–Crippen MR) is 97.2 cm³/mol. The maximum absolute atomic E-state index is 13.7. The second-order valence-corrected chi connectivity index (χ2v) is 6.96. The lowest BCUT2D eigenvalue weighted by atomic mass is 10.00. The first-order valence-corrected chi connectivity index (χ1v) is 8.73. The van der Waals surface area contributed by atoms with Crippen molar-refractivity contribution in [2.24, 2.45) is 0 Å². The minimum absolute atomic E-state index is 0.0294. The molecule has 0 bridgehead atoms. The fourth-order valence-electron chi connectivity index (χ4n) is 3.45. The van der Waals surface area contributed by atoms with Crippen LogP contribution >= 0.6 is 0 Å². The first-order valence-electron chi connectivity index (χ1n) is 8.73. The average Bonchev–Trinajstić information content (AvgIpc) is 2.94. The van der Waals surface area contributed by atoms with Crippen molar-refractivity contribution in [2.45, 2.75) is 6.04 Å². The number of fused-ring (bicyclic) bond motifs is 2. The van der Waals surface area contributed by atoms with Crippen molar-refractivity contribution in [3.8, 4) is 0 Å². The van der Waals surface area contributed by atoms with Gasteiger partial charge in [0.15, 0.2) is 5.43 Å². The smallest absolute Gasteiger partial charge is 0.291 e. The number of hydrogen-bond acceptors (Lipinski definition) is 4. The molecule has 0 radical (unpaired) electrons. The summed E-state index contributed by atoms with van der Waals surface area (Å²) in [6.07, 6.45) is 3.27. The lowest BCUT2D eigenvalue weighted by Gasteiger charge is -2.25. The van der Waals surface area contributed by atoms with Gasteiger partial charge >= 0.3 is 0 Å². The third-order valence-corrected chi connectivity index (χ3v) is 4.78. The Kier molecular flexibility index (Phi) is 4.24. The van der Waals surface area contributed by atoms with Gasteiger partial charge in [0.05, 0.1) is 44.2 Å². The summed E-state index contributed by atoms with van der Waals surface area (Å²) in [6, 6.07) is 6.73. The summed E-state index contributed by atoms with van der Waals surface area (Å²) in [5.41, 5.74) is 0.799. The normalized spacial score (nSPS) is 16.4. The van der Waals surface area contributed by atoms with E-state index in [9.17, 15) is 14.0 Å². The molecule has 3 heterocycles. The van der Waals surface area contributed by atoms with E-state index < -0.39 is 11.9 Å². The monoisotopic (exact) mass is 368 g/mol. The number of likely N-dealkylation sites (N-methyl/N-ethyl adjacent to an activating group) is 1. The third-order valence-electron chi connectivity index (χ3n) is 4.78. The lowest BCUT2D eigenvalue weighted by molar-refractivity contribution is -0.857. The molecule has 1 N–H and O–H groups in total. The number of nitrogens with one attached hydrogen (secondary N) is 1. The van der Waals surface area contributed by atoms with Crippen LogP contribution in [-0.2, 0) is 0 Å². The molecule has 27 heavy (non-hydrogen) atoms. The SMILES string of the molecule is C[NH+](C)CCN1C(=O)c2oc3ccc(F)cc3c(=O)c2[C@H]1c1cccnc1. The highest BCUT2D eigenvalue weighted by molar-refractivity contribution is 5.99. The van der Waals surface area contributed by atoms with Crippen LogP contribution in [0.15, 0.2) is 51.9 Å². The number of carbonyl (C=O) groups is 1. The molecule has 0 spiro atoms. The van der Waals surface area contributed by atoms with Crippen LogP contribution in [-0.4, -0.2) is 43.0 Å². The molecule has 1 aliphatic rings. The second-order valence-electron chi connectivity index (χ2n) is 6.96. The molecule has 0 saturated carbocycles. The van der Waals surface area contributed by atoms with Crippen LogP contribution in [0.5, 0.6) is 0 Å². The van der Waals surface area contributed by atoms with Crippen molar-refractivity contribution in [1.29, 1.82) is 0 Å². The third kappa shape index (κ3) is 2.90. The van der Waals surface area contributed by atoms with Crippen LogP contribution < -0.4 is 10.3 Å². The largest absolute Gasteiger partial charge is 0.450 e. The lowest BCUT2D eigenvalue weighted by Crippen LogP contribution is -3.06. The van der Waals surface area contributed by atoms with Crippen LogP contribution in [0, 0.1) is 5.82 Å². The Hall–Kier alpha value is -3.06. The topological polar surface area (TPSA) is 67.8 Å². The van der Waals surface area contributed by atoms with Gasteiger partial charge in [-0.3, -0.25) is 14.6 Å². The molecule has 1 atom stereocenters. The van der Waals surface area contributed by atoms with Gasteiger partial charge in [-0.05, 0) is 29.8 Å². The molecular weight excluding hydrogens is 349 g/mol. The van der Waals surface area contributed by atoms with Crippen LogP contribution in [0.4, 0.5) is 4.39 Å². The number of aromatic nitrogens is 1. The van der Waals surface area contributed by atoms with E-state index in [1.165, 1.54) is 17.0 Å². The molecule has 0 aliphatic carbocycles. The summed E-state index contributed by atoms with van der Waals surface area (Å²) < 4.78 is 19.4. The van der Waals surface area contributed by atoms with Gasteiger partial charge in [0.2, 0.25) is 5.76 Å². The molecule has 3 aromatic rings. The molecule has 0 fully saturated rings. The zero-order valence-electron chi connectivity index (χ0n) is 15.0. The molecule has 1 amide bonds. The van der Waals surface area contributed by atoms with Gasteiger partial charge in [-0.1, -0.05) is 6.07 Å². The molecule has 1 aromatic carbocycles. The summed E-state index contributed by atoms with van der Waals surface area (Å²) >= 11 is 0. The van der Waals surface area contributed by atoms with E-state index in [2.05, 4.69) is 4.98 Å². The highest BCUT2D eigenvalue weighted by atomic mass is 19.1. The van der Waals surface area contributed by atoms with E-state index in [4.69, 9.17) is 4.42 Å². The van der Waals surface area contributed by atoms with Crippen LogP contribution in [0.1, 0.15) is 27.7 Å². The Morgan fingerprint density at radius 1 is 1.26 bits per heavy atom. The van der Waals surface area contributed by atoms with E-state index in [1.807, 2.05) is 20.2 Å². The fourth-order valence-corrected chi connectivity index (χ4v) is 3.45. The molecule has 1 aliphatic heterocycles. The van der Waals surface area contributed by atoms with Crippen molar-refractivity contribution >= 4 is 16.9 Å². The standard InChI is InChI=1S/C20H18FN3O3/c1-23(2)8-9-24-17(12-4-3-7-22-11-12)16-18(25)14-10-13(21)5-6-15(14)27-19(16)20(24)26/h3-7,10-11,17H,8-9H2,1-2H3/p+1/t17-/m1/s1. The minimum atomic E-state index is -0.593. The van der Waals surface area contributed by atoms with Crippen molar-refractivity contribution in [2.75, 3.05) is 27.2 Å². The summed E-state index contributed by atoms with van der Waals surface area (Å²) in [5.74, 6) is -0.824. The number of halogens is 1. The van der Waals surface area contributed by atoms with Gasteiger partial charge in [-0.2, -0.15) is 0 Å². The number of amides is 1.